The summed E-state index contributed by atoms with van der Waals surface area (Å²) in [6.45, 7) is 2.66. The average Bonchev–Trinajstić information content (AvgIpc) is 2.83. The molecule has 4 aliphatic rings. The van der Waals surface area contributed by atoms with Gasteiger partial charge in [0.05, 0.1) is 0 Å². The summed E-state index contributed by atoms with van der Waals surface area (Å²) in [5, 5.41) is 0.970. The summed E-state index contributed by atoms with van der Waals surface area (Å²) in [6.07, 6.45) is 18.0. The second-order valence-electron chi connectivity index (χ2n) is 8.57. The maximum absolute atomic E-state index is 2.66. The first-order valence-corrected chi connectivity index (χ1v) is 10.6. The minimum absolute atomic E-state index is 0.697. The Balaban J connectivity index is 1.57. The van der Waals surface area contributed by atoms with E-state index in [4.69, 9.17) is 0 Å². The minimum Gasteiger partial charge on any atom is -0.161 e. The third kappa shape index (κ3) is 1.94. The maximum Gasteiger partial charge on any atom is 0.0101 e. The fourth-order valence-corrected chi connectivity index (χ4v) is 8.37. The third-order valence-electron chi connectivity index (χ3n) is 8.08. The third-order valence-corrected chi connectivity index (χ3v) is 9.42. The number of thioether (sulfide) groups is 1. The quantitative estimate of drug-likeness (QED) is 0.592. The van der Waals surface area contributed by atoms with Gasteiger partial charge in [0.2, 0.25) is 0 Å². The number of rotatable bonds is 1. The zero-order valence-corrected chi connectivity index (χ0v) is 14.3. The van der Waals surface area contributed by atoms with Gasteiger partial charge in [-0.05, 0) is 86.2 Å². The zero-order valence-electron chi connectivity index (χ0n) is 13.4. The lowest BCUT2D eigenvalue weighted by Crippen LogP contribution is -2.48. The highest BCUT2D eigenvalue weighted by atomic mass is 32.2. The second-order valence-corrected chi connectivity index (χ2v) is 9.61. The van der Waals surface area contributed by atoms with E-state index in [0.717, 1.165) is 34.8 Å². The van der Waals surface area contributed by atoms with E-state index in [1.807, 2.05) is 0 Å². The van der Waals surface area contributed by atoms with Crippen molar-refractivity contribution in [2.75, 3.05) is 6.26 Å². The minimum atomic E-state index is 0.697. The van der Waals surface area contributed by atoms with Crippen LogP contribution in [0, 0.1) is 35.0 Å². The SMILES string of the molecule is CSC1CCC2C3CCC4CCCCC4C3CCC12C. The monoisotopic (exact) mass is 292 g/mol. The Kier molecular flexibility index (Phi) is 3.64. The van der Waals surface area contributed by atoms with Crippen LogP contribution in [0.4, 0.5) is 0 Å². The van der Waals surface area contributed by atoms with Gasteiger partial charge < -0.3 is 0 Å². The molecule has 4 fully saturated rings. The van der Waals surface area contributed by atoms with Gasteiger partial charge in [-0.25, -0.2) is 0 Å². The van der Waals surface area contributed by atoms with Crippen molar-refractivity contribution in [1.82, 2.24) is 0 Å². The van der Waals surface area contributed by atoms with Crippen molar-refractivity contribution < 1.29 is 0 Å². The van der Waals surface area contributed by atoms with Crippen molar-refractivity contribution in [2.45, 2.75) is 76.4 Å². The Morgan fingerprint density at radius 2 is 1.65 bits per heavy atom. The maximum atomic E-state index is 2.66. The molecule has 20 heavy (non-hydrogen) atoms. The molecule has 7 atom stereocenters. The summed E-state index contributed by atoms with van der Waals surface area (Å²) >= 11 is 2.18. The Hall–Kier alpha value is 0.350. The summed E-state index contributed by atoms with van der Waals surface area (Å²) in [7, 11) is 0. The molecule has 4 aliphatic carbocycles. The molecule has 0 spiro atoms. The van der Waals surface area contributed by atoms with E-state index in [2.05, 4.69) is 24.9 Å². The van der Waals surface area contributed by atoms with Crippen molar-refractivity contribution >= 4 is 11.8 Å². The largest absolute Gasteiger partial charge is 0.161 e. The van der Waals surface area contributed by atoms with E-state index >= 15 is 0 Å². The summed E-state index contributed by atoms with van der Waals surface area (Å²) in [6, 6.07) is 0. The molecule has 0 aromatic heterocycles. The van der Waals surface area contributed by atoms with Crippen LogP contribution >= 0.6 is 11.8 Å². The van der Waals surface area contributed by atoms with Gasteiger partial charge >= 0.3 is 0 Å². The van der Waals surface area contributed by atoms with E-state index in [9.17, 15) is 0 Å². The van der Waals surface area contributed by atoms with Crippen molar-refractivity contribution in [3.8, 4) is 0 Å². The van der Waals surface area contributed by atoms with Gasteiger partial charge in [0.15, 0.2) is 0 Å². The van der Waals surface area contributed by atoms with Crippen LogP contribution in [0.1, 0.15) is 71.1 Å². The molecule has 7 unspecified atom stereocenters. The molecule has 114 valence electrons. The van der Waals surface area contributed by atoms with E-state index in [-0.39, 0.29) is 0 Å². The highest BCUT2D eigenvalue weighted by molar-refractivity contribution is 7.99. The summed E-state index contributed by atoms with van der Waals surface area (Å²) in [5.41, 5.74) is 0.697. The predicted molar refractivity (Wildman–Crippen MR) is 89.0 cm³/mol. The number of fused-ring (bicyclic) bond motifs is 5. The van der Waals surface area contributed by atoms with Crippen LogP contribution in [0.3, 0.4) is 0 Å². The fraction of sp³-hybridized carbons (Fsp3) is 1.00. The van der Waals surface area contributed by atoms with Crippen LogP contribution in [-0.4, -0.2) is 11.5 Å². The molecular weight excluding hydrogens is 260 g/mol. The van der Waals surface area contributed by atoms with Crippen LogP contribution in [0.5, 0.6) is 0 Å². The van der Waals surface area contributed by atoms with Gasteiger partial charge in [-0.2, -0.15) is 11.8 Å². The summed E-state index contributed by atoms with van der Waals surface area (Å²) in [4.78, 5) is 0. The first-order valence-electron chi connectivity index (χ1n) is 9.27. The molecule has 0 aromatic rings. The molecule has 0 amide bonds. The van der Waals surface area contributed by atoms with E-state index < -0.39 is 0 Å². The van der Waals surface area contributed by atoms with Gasteiger partial charge in [0.1, 0.15) is 0 Å². The molecule has 0 saturated heterocycles. The molecule has 0 nitrogen and oxygen atoms in total. The smallest absolute Gasteiger partial charge is 0.0101 e. The molecule has 0 bridgehead atoms. The van der Waals surface area contributed by atoms with E-state index in [1.54, 1.807) is 51.4 Å². The van der Waals surface area contributed by atoms with Crippen LogP contribution in [0.25, 0.3) is 0 Å². The summed E-state index contributed by atoms with van der Waals surface area (Å²) in [5.74, 6) is 5.60. The Morgan fingerprint density at radius 1 is 0.800 bits per heavy atom. The second kappa shape index (κ2) is 5.21. The molecule has 0 radical (unpaired) electrons. The van der Waals surface area contributed by atoms with Crippen LogP contribution in [0.15, 0.2) is 0 Å². The molecule has 4 saturated carbocycles. The molecule has 0 N–H and O–H groups in total. The van der Waals surface area contributed by atoms with Gasteiger partial charge in [-0.15, -0.1) is 0 Å². The van der Waals surface area contributed by atoms with Gasteiger partial charge in [-0.3, -0.25) is 0 Å². The number of hydrogen-bond acceptors (Lipinski definition) is 1. The topological polar surface area (TPSA) is 0 Å². The average molecular weight is 293 g/mol. The van der Waals surface area contributed by atoms with Gasteiger partial charge in [-0.1, -0.05) is 26.2 Å². The lowest BCUT2D eigenvalue weighted by atomic mass is 9.51. The Morgan fingerprint density at radius 3 is 2.50 bits per heavy atom. The molecule has 4 rings (SSSR count). The summed E-state index contributed by atoms with van der Waals surface area (Å²) < 4.78 is 0. The molecule has 0 aliphatic heterocycles. The Bertz CT molecular complexity index is 365. The van der Waals surface area contributed by atoms with Gasteiger partial charge in [0.25, 0.3) is 0 Å². The fourth-order valence-electron chi connectivity index (χ4n) is 7.17. The van der Waals surface area contributed by atoms with Crippen LogP contribution < -0.4 is 0 Å². The normalized spacial score (nSPS) is 54.9. The van der Waals surface area contributed by atoms with Crippen LogP contribution in [0.2, 0.25) is 0 Å². The van der Waals surface area contributed by atoms with Gasteiger partial charge in [0, 0.05) is 5.25 Å². The molecule has 1 heteroatoms. The Labute approximate surface area is 129 Å². The van der Waals surface area contributed by atoms with Crippen molar-refractivity contribution in [3.63, 3.8) is 0 Å². The van der Waals surface area contributed by atoms with Crippen molar-refractivity contribution in [2.24, 2.45) is 35.0 Å². The number of hydrogen-bond donors (Lipinski definition) is 0. The molecule has 0 aromatic carbocycles. The molecular formula is C19H32S. The lowest BCUT2D eigenvalue weighted by molar-refractivity contribution is -0.0478. The predicted octanol–water partition coefficient (Wildman–Crippen LogP) is 5.76. The highest BCUT2D eigenvalue weighted by Gasteiger charge is 2.56. The highest BCUT2D eigenvalue weighted by Crippen LogP contribution is 2.64. The van der Waals surface area contributed by atoms with E-state index in [0.29, 0.717) is 5.41 Å². The lowest BCUT2D eigenvalue weighted by Gasteiger charge is -2.55. The van der Waals surface area contributed by atoms with Crippen LogP contribution in [-0.2, 0) is 0 Å². The van der Waals surface area contributed by atoms with E-state index in [1.165, 1.54) is 12.8 Å². The zero-order chi connectivity index (χ0) is 13.7. The first kappa shape index (κ1) is 14.0. The molecule has 0 heterocycles. The first-order chi connectivity index (χ1) is 9.74. The standard InChI is InChI=1S/C19H32S/c1-19-12-11-15-14-6-4-3-5-13(14)7-8-16(15)17(19)9-10-18(19)20-2/h13-18H,3-12H2,1-2H3. The van der Waals surface area contributed by atoms with Crippen molar-refractivity contribution in [1.29, 1.82) is 0 Å². The van der Waals surface area contributed by atoms with Crippen molar-refractivity contribution in [3.05, 3.63) is 0 Å².